The topological polar surface area (TPSA) is 60.5 Å². The van der Waals surface area contributed by atoms with Gasteiger partial charge in [-0.05, 0) is 19.1 Å². The Labute approximate surface area is 134 Å². The highest BCUT2D eigenvalue weighted by Gasteiger charge is 2.12. The third-order valence-corrected chi connectivity index (χ3v) is 4.41. The maximum Gasteiger partial charge on any atom is 0.246 e. The molecule has 2 aromatic rings. The molecule has 2 rings (SSSR count). The predicted molar refractivity (Wildman–Crippen MR) is 88.4 cm³/mol. The van der Waals surface area contributed by atoms with Gasteiger partial charge in [0.05, 0.1) is 28.4 Å². The van der Waals surface area contributed by atoms with Crippen LogP contribution >= 0.6 is 11.3 Å². The van der Waals surface area contributed by atoms with E-state index in [1.165, 1.54) is 4.70 Å². The molecule has 1 amide bonds. The molecule has 0 aliphatic carbocycles. The quantitative estimate of drug-likeness (QED) is 0.721. The lowest BCUT2D eigenvalue weighted by atomic mass is 10.2. The smallest absolute Gasteiger partial charge is 0.246 e. The Hall–Kier alpha value is -1.50. The minimum atomic E-state index is -0.107. The molecular formula is C16H22N2O3S. The fourth-order valence-electron chi connectivity index (χ4n) is 1.93. The number of rotatable bonds is 9. The zero-order valence-electron chi connectivity index (χ0n) is 13.0. The minimum Gasteiger partial charge on any atom is -0.379 e. The molecule has 1 aromatic carbocycles. The predicted octanol–water partition coefficient (Wildman–Crippen LogP) is 2.57. The van der Waals surface area contributed by atoms with Crippen LogP contribution in [0.3, 0.4) is 0 Å². The molecule has 120 valence electrons. The van der Waals surface area contributed by atoms with Gasteiger partial charge in [0, 0.05) is 19.1 Å². The molecular weight excluding hydrogens is 300 g/mol. The van der Waals surface area contributed by atoms with Gasteiger partial charge in [0.25, 0.3) is 0 Å². The second-order valence-electron chi connectivity index (χ2n) is 4.97. The summed E-state index contributed by atoms with van der Waals surface area (Å²) in [6, 6.07) is 8.06. The summed E-state index contributed by atoms with van der Waals surface area (Å²) < 4.78 is 11.5. The van der Waals surface area contributed by atoms with Crippen molar-refractivity contribution in [1.82, 2.24) is 10.3 Å². The van der Waals surface area contributed by atoms with Crippen LogP contribution in [0.2, 0.25) is 0 Å². The van der Waals surface area contributed by atoms with E-state index in [0.29, 0.717) is 26.4 Å². The average molecular weight is 322 g/mol. The van der Waals surface area contributed by atoms with Crippen LogP contribution in [0.1, 0.15) is 24.8 Å². The first-order valence-electron chi connectivity index (χ1n) is 7.48. The molecule has 0 bridgehead atoms. The molecule has 0 saturated carbocycles. The van der Waals surface area contributed by atoms with E-state index < -0.39 is 0 Å². The molecule has 1 heterocycles. The summed E-state index contributed by atoms with van der Waals surface area (Å²) in [6.45, 7) is 6.24. The number of nitrogens with zero attached hydrogens (tertiary/aromatic N) is 1. The van der Waals surface area contributed by atoms with E-state index in [-0.39, 0.29) is 18.4 Å². The van der Waals surface area contributed by atoms with Crippen molar-refractivity contribution in [3.63, 3.8) is 0 Å². The van der Waals surface area contributed by atoms with Gasteiger partial charge in [-0.3, -0.25) is 4.79 Å². The Balaban J connectivity index is 1.72. The van der Waals surface area contributed by atoms with Gasteiger partial charge < -0.3 is 14.8 Å². The Morgan fingerprint density at radius 1 is 1.32 bits per heavy atom. The number of benzene rings is 1. The van der Waals surface area contributed by atoms with E-state index in [9.17, 15) is 4.79 Å². The van der Waals surface area contributed by atoms with Crippen LogP contribution in [0.4, 0.5) is 0 Å². The molecule has 0 radical (unpaired) electrons. The number of fused-ring (bicyclic) bond motifs is 1. The summed E-state index contributed by atoms with van der Waals surface area (Å²) in [5.74, 6) is 0.0780. The van der Waals surface area contributed by atoms with Crippen LogP contribution < -0.4 is 5.32 Å². The van der Waals surface area contributed by atoms with E-state index in [1.807, 2.05) is 25.1 Å². The molecule has 0 aliphatic heterocycles. The molecule has 22 heavy (non-hydrogen) atoms. The summed E-state index contributed by atoms with van der Waals surface area (Å²) in [5.41, 5.74) is 1.01. The van der Waals surface area contributed by atoms with Crippen molar-refractivity contribution in [2.75, 3.05) is 33.0 Å². The molecule has 0 spiro atoms. The van der Waals surface area contributed by atoms with E-state index in [2.05, 4.69) is 23.3 Å². The van der Waals surface area contributed by atoms with Crippen LogP contribution in [-0.4, -0.2) is 43.9 Å². The van der Waals surface area contributed by atoms with Gasteiger partial charge >= 0.3 is 0 Å². The second kappa shape index (κ2) is 8.82. The van der Waals surface area contributed by atoms with Gasteiger partial charge in [0.1, 0.15) is 6.61 Å². The highest BCUT2D eigenvalue weighted by molar-refractivity contribution is 7.18. The molecule has 1 N–H and O–H groups in total. The van der Waals surface area contributed by atoms with E-state index in [4.69, 9.17) is 9.47 Å². The third-order valence-electron chi connectivity index (χ3n) is 3.15. The van der Waals surface area contributed by atoms with Crippen molar-refractivity contribution in [2.24, 2.45) is 0 Å². The zero-order chi connectivity index (χ0) is 15.8. The molecule has 0 fully saturated rings. The number of para-hydroxylation sites is 1. The molecule has 1 unspecified atom stereocenters. The normalized spacial score (nSPS) is 12.5. The largest absolute Gasteiger partial charge is 0.379 e. The Morgan fingerprint density at radius 3 is 2.86 bits per heavy atom. The standard InChI is InChI=1S/C16H22N2O3S/c1-3-20-8-9-21-11-15(19)17-10-12(2)16-18-13-6-4-5-7-14(13)22-16/h4-7,12H,3,8-11H2,1-2H3,(H,17,19). The van der Waals surface area contributed by atoms with E-state index in [0.717, 1.165) is 10.5 Å². The van der Waals surface area contributed by atoms with Crippen LogP contribution in [0.25, 0.3) is 10.2 Å². The molecule has 1 aromatic heterocycles. The number of thiazole rings is 1. The average Bonchev–Trinajstić information content (AvgIpc) is 2.96. The number of amides is 1. The maximum atomic E-state index is 11.7. The van der Waals surface area contributed by atoms with Crippen LogP contribution in [0.15, 0.2) is 24.3 Å². The summed E-state index contributed by atoms with van der Waals surface area (Å²) in [5, 5.41) is 3.92. The highest BCUT2D eigenvalue weighted by Crippen LogP contribution is 2.26. The lowest BCUT2D eigenvalue weighted by molar-refractivity contribution is -0.126. The van der Waals surface area contributed by atoms with Gasteiger partial charge in [-0.2, -0.15) is 0 Å². The van der Waals surface area contributed by atoms with Gasteiger partial charge in [-0.15, -0.1) is 11.3 Å². The molecule has 6 heteroatoms. The fraction of sp³-hybridized carbons (Fsp3) is 0.500. The number of hydrogen-bond acceptors (Lipinski definition) is 5. The number of ether oxygens (including phenoxy) is 2. The second-order valence-corrected chi connectivity index (χ2v) is 6.04. The lowest BCUT2D eigenvalue weighted by Crippen LogP contribution is -2.31. The monoisotopic (exact) mass is 322 g/mol. The Kier molecular flexibility index (Phi) is 6.76. The Bertz CT molecular complexity index is 567. The maximum absolute atomic E-state index is 11.7. The van der Waals surface area contributed by atoms with Gasteiger partial charge in [0.15, 0.2) is 0 Å². The van der Waals surface area contributed by atoms with Gasteiger partial charge in [-0.1, -0.05) is 19.1 Å². The van der Waals surface area contributed by atoms with Crippen molar-refractivity contribution < 1.29 is 14.3 Å². The summed E-state index contributed by atoms with van der Waals surface area (Å²) in [4.78, 5) is 16.3. The van der Waals surface area contributed by atoms with Gasteiger partial charge in [-0.25, -0.2) is 4.98 Å². The fourth-order valence-corrected chi connectivity index (χ4v) is 2.95. The first kappa shape index (κ1) is 16.9. The van der Waals surface area contributed by atoms with E-state index in [1.54, 1.807) is 11.3 Å². The Morgan fingerprint density at radius 2 is 2.09 bits per heavy atom. The van der Waals surface area contributed by atoms with E-state index >= 15 is 0 Å². The zero-order valence-corrected chi connectivity index (χ0v) is 13.8. The SMILES string of the molecule is CCOCCOCC(=O)NCC(C)c1nc2ccccc2s1. The lowest BCUT2D eigenvalue weighted by Gasteiger charge is -2.10. The van der Waals surface area contributed by atoms with Crippen molar-refractivity contribution in [3.8, 4) is 0 Å². The molecule has 0 aliphatic rings. The highest BCUT2D eigenvalue weighted by atomic mass is 32.1. The number of nitrogens with one attached hydrogen (secondary N) is 1. The van der Waals surface area contributed by atoms with Crippen LogP contribution in [0.5, 0.6) is 0 Å². The van der Waals surface area contributed by atoms with Crippen molar-refractivity contribution in [3.05, 3.63) is 29.3 Å². The minimum absolute atomic E-state index is 0.0691. The first-order valence-corrected chi connectivity index (χ1v) is 8.30. The molecule has 1 atom stereocenters. The van der Waals surface area contributed by atoms with Crippen LogP contribution in [-0.2, 0) is 14.3 Å². The number of carbonyl (C=O) groups excluding carboxylic acids is 1. The first-order chi connectivity index (χ1) is 10.7. The third kappa shape index (κ3) is 5.05. The number of carbonyl (C=O) groups is 1. The molecule has 5 nitrogen and oxygen atoms in total. The van der Waals surface area contributed by atoms with Crippen molar-refractivity contribution in [2.45, 2.75) is 19.8 Å². The van der Waals surface area contributed by atoms with Crippen LogP contribution in [0, 0.1) is 0 Å². The number of hydrogen-bond donors (Lipinski definition) is 1. The summed E-state index contributed by atoms with van der Waals surface area (Å²) >= 11 is 1.67. The van der Waals surface area contributed by atoms with Gasteiger partial charge in [0.2, 0.25) is 5.91 Å². The van der Waals surface area contributed by atoms with Crippen molar-refractivity contribution >= 4 is 27.5 Å². The van der Waals surface area contributed by atoms with Crippen molar-refractivity contribution in [1.29, 1.82) is 0 Å². The summed E-state index contributed by atoms with van der Waals surface area (Å²) in [7, 11) is 0. The summed E-state index contributed by atoms with van der Waals surface area (Å²) in [6.07, 6.45) is 0. The number of aromatic nitrogens is 1. The molecule has 0 saturated heterocycles.